The summed E-state index contributed by atoms with van der Waals surface area (Å²) < 4.78 is 12.9. The molecule has 0 amide bonds. The number of aliphatic imine (C=N–C) groups is 1. The number of rotatable bonds is 5. The molecule has 0 spiro atoms. The highest BCUT2D eigenvalue weighted by Crippen LogP contribution is 2.48. The lowest BCUT2D eigenvalue weighted by Gasteiger charge is -2.13. The minimum atomic E-state index is -0.204. The van der Waals surface area contributed by atoms with Crippen LogP contribution in [0.4, 0.5) is 4.39 Å². The predicted molar refractivity (Wildman–Crippen MR) is 72.0 cm³/mol. The van der Waals surface area contributed by atoms with Gasteiger partial charge in [0.15, 0.2) is 5.96 Å². The van der Waals surface area contributed by atoms with E-state index in [0.717, 1.165) is 18.4 Å². The summed E-state index contributed by atoms with van der Waals surface area (Å²) in [5.41, 5.74) is 6.93. The van der Waals surface area contributed by atoms with Gasteiger partial charge >= 0.3 is 0 Å². The van der Waals surface area contributed by atoms with Gasteiger partial charge in [0, 0.05) is 12.0 Å². The van der Waals surface area contributed by atoms with Crippen LogP contribution < -0.4 is 11.1 Å². The summed E-state index contributed by atoms with van der Waals surface area (Å²) in [6, 6.07) is 6.67. The Kier molecular flexibility index (Phi) is 3.65. The molecule has 1 aliphatic rings. The van der Waals surface area contributed by atoms with Crippen molar-refractivity contribution in [3.8, 4) is 0 Å². The summed E-state index contributed by atoms with van der Waals surface area (Å²) in [4.78, 5) is 4.34. The van der Waals surface area contributed by atoms with Crippen LogP contribution in [-0.4, -0.2) is 19.0 Å². The lowest BCUT2D eigenvalue weighted by molar-refractivity contribution is 0.623. The van der Waals surface area contributed by atoms with Crippen LogP contribution >= 0.6 is 0 Å². The van der Waals surface area contributed by atoms with Gasteiger partial charge in [-0.3, -0.25) is 4.99 Å². The Labute approximate surface area is 107 Å². The van der Waals surface area contributed by atoms with Gasteiger partial charge < -0.3 is 11.1 Å². The van der Waals surface area contributed by atoms with Gasteiger partial charge in [-0.2, -0.15) is 0 Å². The van der Waals surface area contributed by atoms with E-state index >= 15 is 0 Å². The molecule has 0 radical (unpaired) electrons. The Morgan fingerprint density at radius 1 is 1.44 bits per heavy atom. The SMILES string of the molecule is C=CCNC(N)=NCC1(c2ccc(F)cc2)CC1. The average molecular weight is 247 g/mol. The van der Waals surface area contributed by atoms with Gasteiger partial charge in [0.05, 0.1) is 6.54 Å². The number of nitrogens with one attached hydrogen (secondary N) is 1. The van der Waals surface area contributed by atoms with Crippen LogP contribution in [0.5, 0.6) is 0 Å². The average Bonchev–Trinajstić information content (AvgIpc) is 3.16. The van der Waals surface area contributed by atoms with Gasteiger partial charge in [-0.1, -0.05) is 18.2 Å². The molecule has 1 aromatic carbocycles. The van der Waals surface area contributed by atoms with Crippen LogP contribution in [0.15, 0.2) is 41.9 Å². The molecule has 4 heteroatoms. The molecular weight excluding hydrogens is 229 g/mol. The van der Waals surface area contributed by atoms with Crippen LogP contribution in [-0.2, 0) is 5.41 Å². The van der Waals surface area contributed by atoms with Gasteiger partial charge in [-0.25, -0.2) is 4.39 Å². The summed E-state index contributed by atoms with van der Waals surface area (Å²) in [6.45, 7) is 4.86. The molecule has 0 atom stereocenters. The Balaban J connectivity index is 2.00. The van der Waals surface area contributed by atoms with Crippen LogP contribution in [0.3, 0.4) is 0 Å². The zero-order chi connectivity index (χ0) is 13.0. The number of hydrogen-bond donors (Lipinski definition) is 2. The molecule has 1 aliphatic carbocycles. The zero-order valence-electron chi connectivity index (χ0n) is 10.3. The van der Waals surface area contributed by atoms with Gasteiger partial charge in [0.1, 0.15) is 5.82 Å². The first kappa shape index (κ1) is 12.6. The fraction of sp³-hybridized carbons (Fsp3) is 0.357. The first-order chi connectivity index (χ1) is 8.66. The van der Waals surface area contributed by atoms with Crippen molar-refractivity contribution in [2.24, 2.45) is 10.7 Å². The molecule has 2 rings (SSSR count). The fourth-order valence-corrected chi connectivity index (χ4v) is 1.96. The normalized spacial score (nSPS) is 17.3. The highest BCUT2D eigenvalue weighted by atomic mass is 19.1. The number of guanidine groups is 1. The second kappa shape index (κ2) is 5.21. The molecule has 3 N–H and O–H groups in total. The van der Waals surface area contributed by atoms with Gasteiger partial charge in [-0.05, 0) is 30.5 Å². The third-order valence-electron chi connectivity index (χ3n) is 3.29. The molecule has 0 saturated heterocycles. The topological polar surface area (TPSA) is 50.4 Å². The highest BCUT2D eigenvalue weighted by molar-refractivity contribution is 5.78. The molecule has 1 aromatic rings. The minimum absolute atomic E-state index is 0.0637. The number of hydrogen-bond acceptors (Lipinski definition) is 1. The Hall–Kier alpha value is -1.84. The number of nitrogens with two attached hydrogens (primary N) is 1. The molecule has 3 nitrogen and oxygen atoms in total. The Morgan fingerprint density at radius 2 is 2.11 bits per heavy atom. The van der Waals surface area contributed by atoms with E-state index in [-0.39, 0.29) is 11.2 Å². The summed E-state index contributed by atoms with van der Waals surface area (Å²) >= 11 is 0. The summed E-state index contributed by atoms with van der Waals surface area (Å²) in [5, 5.41) is 2.94. The third kappa shape index (κ3) is 2.88. The van der Waals surface area contributed by atoms with Crippen LogP contribution in [0.2, 0.25) is 0 Å². The van der Waals surface area contributed by atoms with Crippen molar-refractivity contribution in [3.63, 3.8) is 0 Å². The van der Waals surface area contributed by atoms with Crippen molar-refractivity contribution in [2.45, 2.75) is 18.3 Å². The van der Waals surface area contributed by atoms with E-state index in [4.69, 9.17) is 5.73 Å². The van der Waals surface area contributed by atoms with Crippen LogP contribution in [0.1, 0.15) is 18.4 Å². The second-order valence-electron chi connectivity index (χ2n) is 4.66. The first-order valence-corrected chi connectivity index (χ1v) is 6.07. The van der Waals surface area contributed by atoms with E-state index in [1.807, 2.05) is 12.1 Å². The third-order valence-corrected chi connectivity index (χ3v) is 3.29. The quantitative estimate of drug-likeness (QED) is 0.474. The molecule has 0 aliphatic heterocycles. The Morgan fingerprint density at radius 3 is 2.67 bits per heavy atom. The molecule has 0 bridgehead atoms. The molecule has 0 unspecified atom stereocenters. The second-order valence-corrected chi connectivity index (χ2v) is 4.66. The van der Waals surface area contributed by atoms with Crippen LogP contribution in [0.25, 0.3) is 0 Å². The van der Waals surface area contributed by atoms with Crippen molar-refractivity contribution in [2.75, 3.05) is 13.1 Å². The monoisotopic (exact) mass is 247 g/mol. The zero-order valence-corrected chi connectivity index (χ0v) is 10.3. The number of halogens is 1. The fourth-order valence-electron chi connectivity index (χ4n) is 1.96. The lowest BCUT2D eigenvalue weighted by Crippen LogP contribution is -2.32. The van der Waals surface area contributed by atoms with Crippen molar-refractivity contribution in [3.05, 3.63) is 48.3 Å². The van der Waals surface area contributed by atoms with E-state index in [9.17, 15) is 4.39 Å². The largest absolute Gasteiger partial charge is 0.370 e. The molecular formula is C14H18FN3. The van der Waals surface area contributed by atoms with Crippen LogP contribution in [0, 0.1) is 5.82 Å². The molecule has 1 fully saturated rings. The number of nitrogens with zero attached hydrogens (tertiary/aromatic N) is 1. The maximum absolute atomic E-state index is 12.9. The summed E-state index contributed by atoms with van der Waals surface area (Å²) in [6.07, 6.45) is 3.89. The highest BCUT2D eigenvalue weighted by Gasteiger charge is 2.44. The van der Waals surface area contributed by atoms with Gasteiger partial charge in [0.2, 0.25) is 0 Å². The summed E-state index contributed by atoms with van der Waals surface area (Å²) in [5.74, 6) is 0.230. The van der Waals surface area contributed by atoms with Crippen molar-refractivity contribution in [1.82, 2.24) is 5.32 Å². The molecule has 0 heterocycles. The van der Waals surface area contributed by atoms with E-state index in [0.29, 0.717) is 19.0 Å². The minimum Gasteiger partial charge on any atom is -0.370 e. The van der Waals surface area contributed by atoms with E-state index < -0.39 is 0 Å². The lowest BCUT2D eigenvalue weighted by atomic mass is 9.96. The van der Waals surface area contributed by atoms with Gasteiger partial charge in [0.25, 0.3) is 0 Å². The predicted octanol–water partition coefficient (Wildman–Crippen LogP) is 1.95. The number of benzene rings is 1. The molecule has 0 aromatic heterocycles. The first-order valence-electron chi connectivity index (χ1n) is 6.07. The van der Waals surface area contributed by atoms with Crippen molar-refractivity contribution >= 4 is 5.96 Å². The maximum atomic E-state index is 12.9. The van der Waals surface area contributed by atoms with Crippen molar-refractivity contribution < 1.29 is 4.39 Å². The Bertz CT molecular complexity index is 447. The summed E-state index contributed by atoms with van der Waals surface area (Å²) in [7, 11) is 0. The molecule has 96 valence electrons. The van der Waals surface area contributed by atoms with E-state index in [2.05, 4.69) is 16.9 Å². The molecule has 1 saturated carbocycles. The van der Waals surface area contributed by atoms with Gasteiger partial charge in [-0.15, -0.1) is 6.58 Å². The molecule has 18 heavy (non-hydrogen) atoms. The van der Waals surface area contributed by atoms with Crippen molar-refractivity contribution in [1.29, 1.82) is 0 Å². The van der Waals surface area contributed by atoms with E-state index in [1.54, 1.807) is 6.08 Å². The maximum Gasteiger partial charge on any atom is 0.188 e. The smallest absolute Gasteiger partial charge is 0.188 e. The standard InChI is InChI=1S/C14H18FN3/c1-2-9-17-13(16)18-10-14(7-8-14)11-3-5-12(15)6-4-11/h2-6H,1,7-10H2,(H3,16,17,18). The van der Waals surface area contributed by atoms with E-state index in [1.165, 1.54) is 12.1 Å².